The molecule has 14 nitrogen and oxygen atoms in total. The standard InChI is InChI=1S/C35H42N8O6S/c1-48-31-14-11-28(21-32(31)50(46,47)43-15-17-49-18-16-43)27-4-2-3-24(19-27)20-30(38-34(44)26-7-5-23(22-36)6-8-26)35(45)37-29-12-9-25(10-13-29)33-39-41-42-40-33/h2-4,9-14,19,21,23,26,30H,5-8,15-18,20,22,36H2,1H3,(H,37,45)(H,38,44)(H,39,40,41,42)/t23?,26?,30-/m0/s1. The third-order valence-electron chi connectivity index (χ3n) is 9.39. The van der Waals surface area contributed by atoms with Crippen LogP contribution in [0.5, 0.6) is 5.75 Å². The lowest BCUT2D eigenvalue weighted by Crippen LogP contribution is -2.48. The molecule has 2 amide bonds. The molecular weight excluding hydrogens is 661 g/mol. The van der Waals surface area contributed by atoms with E-state index in [0.717, 1.165) is 42.4 Å². The van der Waals surface area contributed by atoms with Crippen LogP contribution in [0.25, 0.3) is 22.5 Å². The van der Waals surface area contributed by atoms with Gasteiger partial charge < -0.3 is 25.8 Å². The van der Waals surface area contributed by atoms with Gasteiger partial charge in [-0.1, -0.05) is 30.3 Å². The van der Waals surface area contributed by atoms with Gasteiger partial charge in [-0.3, -0.25) is 9.59 Å². The Morgan fingerprint density at radius 2 is 1.72 bits per heavy atom. The molecule has 1 atom stereocenters. The van der Waals surface area contributed by atoms with Gasteiger partial charge in [0.15, 0.2) is 0 Å². The van der Waals surface area contributed by atoms with Crippen molar-refractivity contribution in [3.05, 3.63) is 72.3 Å². The average Bonchev–Trinajstić information content (AvgIpc) is 3.70. The SMILES string of the molecule is COc1ccc(-c2cccc(C[C@H](NC(=O)C3CCC(CN)CC3)C(=O)Nc3ccc(-c4nn[nH]n4)cc3)c2)cc1S(=O)(=O)N1CCOCC1. The Labute approximate surface area is 291 Å². The van der Waals surface area contributed by atoms with E-state index in [1.807, 2.05) is 24.3 Å². The molecule has 6 rings (SSSR count). The lowest BCUT2D eigenvalue weighted by atomic mass is 9.81. The zero-order valence-electron chi connectivity index (χ0n) is 27.9. The molecule has 2 heterocycles. The molecule has 3 aromatic carbocycles. The number of anilines is 1. The first kappa shape index (κ1) is 35.1. The molecule has 0 unspecified atom stereocenters. The quantitative estimate of drug-likeness (QED) is 0.171. The zero-order valence-corrected chi connectivity index (χ0v) is 28.7. The van der Waals surface area contributed by atoms with Gasteiger partial charge in [0, 0.05) is 36.7 Å². The number of ether oxygens (including phenoxy) is 2. The van der Waals surface area contributed by atoms with E-state index in [9.17, 15) is 18.0 Å². The van der Waals surface area contributed by atoms with Crippen LogP contribution in [0.1, 0.15) is 31.2 Å². The fourth-order valence-electron chi connectivity index (χ4n) is 6.47. The number of rotatable bonds is 12. The number of morpholine rings is 1. The van der Waals surface area contributed by atoms with E-state index in [4.69, 9.17) is 15.2 Å². The van der Waals surface area contributed by atoms with Crippen LogP contribution in [0.2, 0.25) is 0 Å². The van der Waals surface area contributed by atoms with Crippen molar-refractivity contribution in [3.8, 4) is 28.3 Å². The van der Waals surface area contributed by atoms with Gasteiger partial charge in [0.25, 0.3) is 0 Å². The van der Waals surface area contributed by atoms with Gasteiger partial charge in [-0.25, -0.2) is 8.42 Å². The number of H-pyrrole nitrogens is 1. The summed E-state index contributed by atoms with van der Waals surface area (Å²) in [5.41, 5.74) is 9.35. The van der Waals surface area contributed by atoms with Crippen LogP contribution in [0.4, 0.5) is 5.69 Å². The highest BCUT2D eigenvalue weighted by Gasteiger charge is 2.31. The number of methoxy groups -OCH3 is 1. The lowest BCUT2D eigenvalue weighted by molar-refractivity contribution is -0.130. The molecule has 50 heavy (non-hydrogen) atoms. The summed E-state index contributed by atoms with van der Waals surface area (Å²) in [4.78, 5) is 27.4. The third-order valence-corrected chi connectivity index (χ3v) is 11.3. The van der Waals surface area contributed by atoms with Crippen LogP contribution < -0.4 is 21.1 Å². The van der Waals surface area contributed by atoms with Gasteiger partial charge in [0.1, 0.15) is 16.7 Å². The van der Waals surface area contributed by atoms with E-state index in [-0.39, 0.29) is 47.9 Å². The fourth-order valence-corrected chi connectivity index (χ4v) is 8.06. The maximum absolute atomic E-state index is 13.8. The first-order valence-corrected chi connectivity index (χ1v) is 18.2. The summed E-state index contributed by atoms with van der Waals surface area (Å²) in [7, 11) is -2.40. The Bertz CT molecular complexity index is 1870. The van der Waals surface area contributed by atoms with Gasteiger partial charge in [0.2, 0.25) is 27.7 Å². The fraction of sp³-hybridized carbons (Fsp3) is 0.400. The Morgan fingerprint density at radius 3 is 2.40 bits per heavy atom. The van der Waals surface area contributed by atoms with Crippen molar-refractivity contribution < 1.29 is 27.5 Å². The summed E-state index contributed by atoms with van der Waals surface area (Å²) in [5.74, 6) is 0.382. The zero-order chi connectivity index (χ0) is 35.1. The Hall–Kier alpha value is -4.70. The summed E-state index contributed by atoms with van der Waals surface area (Å²) in [6, 6.07) is 18.7. The summed E-state index contributed by atoms with van der Waals surface area (Å²) in [6.45, 7) is 1.79. The molecule has 0 spiro atoms. The molecule has 0 bridgehead atoms. The van der Waals surface area contributed by atoms with Gasteiger partial charge in [-0.15, -0.1) is 10.2 Å². The number of aromatic nitrogens is 4. The summed E-state index contributed by atoms with van der Waals surface area (Å²) < 4.78 is 39.5. The number of nitrogens with zero attached hydrogens (tertiary/aromatic N) is 4. The van der Waals surface area contributed by atoms with Crippen molar-refractivity contribution in [2.75, 3.05) is 45.3 Å². The molecule has 0 radical (unpaired) electrons. The number of nitrogens with two attached hydrogens (primary N) is 1. The second-order valence-corrected chi connectivity index (χ2v) is 14.5. The highest BCUT2D eigenvalue weighted by atomic mass is 32.2. The number of hydrogen-bond acceptors (Lipinski definition) is 10. The smallest absolute Gasteiger partial charge is 0.247 e. The molecule has 5 N–H and O–H groups in total. The van der Waals surface area contributed by atoms with Crippen molar-refractivity contribution in [1.82, 2.24) is 30.2 Å². The van der Waals surface area contributed by atoms with Crippen molar-refractivity contribution >= 4 is 27.5 Å². The van der Waals surface area contributed by atoms with Gasteiger partial charge in [-0.2, -0.15) is 9.52 Å². The number of tetrazole rings is 1. The number of hydrogen-bond donors (Lipinski definition) is 4. The highest BCUT2D eigenvalue weighted by Crippen LogP contribution is 2.33. The summed E-state index contributed by atoms with van der Waals surface area (Å²) in [5, 5.41) is 20.0. The van der Waals surface area contributed by atoms with E-state index >= 15 is 0 Å². The van der Waals surface area contributed by atoms with Crippen LogP contribution in [0.15, 0.2) is 71.6 Å². The molecule has 264 valence electrons. The van der Waals surface area contributed by atoms with Crippen molar-refractivity contribution in [2.45, 2.75) is 43.0 Å². The molecular formula is C35H42N8O6S. The minimum absolute atomic E-state index is 0.0732. The third kappa shape index (κ3) is 8.18. The van der Waals surface area contributed by atoms with Crippen molar-refractivity contribution in [3.63, 3.8) is 0 Å². The number of nitrogens with one attached hydrogen (secondary N) is 3. The molecule has 1 aliphatic heterocycles. The van der Waals surface area contributed by atoms with Crippen molar-refractivity contribution in [2.24, 2.45) is 17.6 Å². The highest BCUT2D eigenvalue weighted by molar-refractivity contribution is 7.89. The molecule has 1 saturated heterocycles. The maximum atomic E-state index is 13.8. The Kier molecular flexibility index (Phi) is 11.2. The predicted octanol–water partition coefficient (Wildman–Crippen LogP) is 2.99. The van der Waals surface area contributed by atoms with E-state index in [1.165, 1.54) is 11.4 Å². The van der Waals surface area contributed by atoms with E-state index in [1.54, 1.807) is 42.5 Å². The second-order valence-electron chi connectivity index (χ2n) is 12.6. The maximum Gasteiger partial charge on any atom is 0.247 e. The molecule has 1 aromatic heterocycles. The number of carbonyl (C=O) groups is 2. The predicted molar refractivity (Wildman–Crippen MR) is 186 cm³/mol. The molecule has 1 saturated carbocycles. The molecule has 2 fully saturated rings. The molecule has 4 aromatic rings. The van der Waals surface area contributed by atoms with Crippen LogP contribution in [-0.2, 0) is 30.8 Å². The van der Waals surface area contributed by atoms with Gasteiger partial charge in [0.05, 0.1) is 20.3 Å². The second kappa shape index (κ2) is 15.9. The van der Waals surface area contributed by atoms with Crippen LogP contribution in [0.3, 0.4) is 0 Å². The Morgan fingerprint density at radius 1 is 1.00 bits per heavy atom. The Balaban J connectivity index is 1.24. The average molecular weight is 703 g/mol. The lowest BCUT2D eigenvalue weighted by Gasteiger charge is -2.28. The van der Waals surface area contributed by atoms with Gasteiger partial charge >= 0.3 is 0 Å². The number of sulfonamides is 1. The van der Waals surface area contributed by atoms with Crippen LogP contribution in [-0.4, -0.2) is 91.2 Å². The number of amides is 2. The topological polar surface area (TPSA) is 195 Å². The number of carbonyl (C=O) groups excluding carboxylic acids is 2. The van der Waals surface area contributed by atoms with Crippen LogP contribution >= 0.6 is 0 Å². The number of benzene rings is 3. The molecule has 15 heteroatoms. The van der Waals surface area contributed by atoms with E-state index in [0.29, 0.717) is 42.8 Å². The van der Waals surface area contributed by atoms with E-state index in [2.05, 4.69) is 31.3 Å². The molecule has 2 aliphatic rings. The monoisotopic (exact) mass is 702 g/mol. The minimum atomic E-state index is -3.84. The minimum Gasteiger partial charge on any atom is -0.495 e. The first-order valence-electron chi connectivity index (χ1n) is 16.8. The van der Waals surface area contributed by atoms with Crippen LogP contribution in [0, 0.1) is 11.8 Å². The summed E-state index contributed by atoms with van der Waals surface area (Å²) >= 11 is 0. The largest absolute Gasteiger partial charge is 0.495 e. The first-order chi connectivity index (χ1) is 24.2. The van der Waals surface area contributed by atoms with Crippen molar-refractivity contribution in [1.29, 1.82) is 0 Å². The molecule has 1 aliphatic carbocycles. The normalized spacial score (nSPS) is 19.0. The van der Waals surface area contributed by atoms with Gasteiger partial charge in [-0.05, 0) is 96.4 Å². The summed E-state index contributed by atoms with van der Waals surface area (Å²) in [6.07, 6.45) is 3.42. The number of aromatic amines is 1. The van der Waals surface area contributed by atoms with E-state index < -0.39 is 16.1 Å².